The van der Waals surface area contributed by atoms with Crippen LogP contribution in [0, 0.1) is 0 Å². The zero-order valence-electron chi connectivity index (χ0n) is 14.6. The second-order valence-electron chi connectivity index (χ2n) is 5.81. The van der Waals surface area contributed by atoms with Gasteiger partial charge in [0.1, 0.15) is 5.76 Å². The quantitative estimate of drug-likeness (QED) is 0.673. The molecule has 0 bridgehead atoms. The van der Waals surface area contributed by atoms with Crippen LogP contribution in [-0.4, -0.2) is 29.0 Å². The predicted octanol–water partition coefficient (Wildman–Crippen LogP) is 3.91. The number of rotatable bonds is 6. The summed E-state index contributed by atoms with van der Waals surface area (Å²) in [5, 5.41) is 5.79. The molecule has 1 aromatic carbocycles. The van der Waals surface area contributed by atoms with Gasteiger partial charge >= 0.3 is 6.18 Å². The number of furan rings is 1. The normalized spacial score (nSPS) is 11.3. The van der Waals surface area contributed by atoms with Crippen LogP contribution in [0.5, 0.6) is 0 Å². The lowest BCUT2D eigenvalue weighted by Gasteiger charge is -2.14. The van der Waals surface area contributed by atoms with Crippen LogP contribution >= 0.6 is 0 Å². The number of halogens is 3. The van der Waals surface area contributed by atoms with Gasteiger partial charge in [-0.25, -0.2) is 0 Å². The molecule has 2 N–H and O–H groups in total. The Labute approximate surface area is 153 Å². The lowest BCUT2D eigenvalue weighted by Crippen LogP contribution is -2.16. The van der Waals surface area contributed by atoms with Crippen LogP contribution in [-0.2, 0) is 12.7 Å². The largest absolute Gasteiger partial charge is 0.467 e. The van der Waals surface area contributed by atoms with E-state index < -0.39 is 11.7 Å². The first kappa shape index (κ1) is 18.5. The molecule has 0 fully saturated rings. The molecule has 10 heteroatoms. The van der Waals surface area contributed by atoms with Crippen LogP contribution in [0.25, 0.3) is 0 Å². The average molecular weight is 378 g/mol. The zero-order valence-corrected chi connectivity index (χ0v) is 14.6. The van der Waals surface area contributed by atoms with Gasteiger partial charge in [-0.1, -0.05) is 6.07 Å². The van der Waals surface area contributed by atoms with Gasteiger partial charge in [-0.05, 0) is 30.3 Å². The molecule has 3 aromatic rings. The number of benzene rings is 1. The smallest absolute Gasteiger partial charge is 0.416 e. The number of alkyl halides is 3. The second kappa shape index (κ2) is 7.52. The van der Waals surface area contributed by atoms with Crippen molar-refractivity contribution in [3.63, 3.8) is 0 Å². The highest BCUT2D eigenvalue weighted by atomic mass is 19.4. The summed E-state index contributed by atoms with van der Waals surface area (Å²) in [4.78, 5) is 14.3. The summed E-state index contributed by atoms with van der Waals surface area (Å²) in [6.45, 7) is 0.354. The molecular formula is C17H17F3N6O. The molecule has 0 saturated carbocycles. The highest BCUT2D eigenvalue weighted by molar-refractivity contribution is 5.57. The Morgan fingerprint density at radius 3 is 2.48 bits per heavy atom. The molecular weight excluding hydrogens is 361 g/mol. The van der Waals surface area contributed by atoms with E-state index in [1.165, 1.54) is 12.1 Å². The number of nitrogens with one attached hydrogen (secondary N) is 2. The van der Waals surface area contributed by atoms with Crippen molar-refractivity contribution in [2.75, 3.05) is 29.6 Å². The van der Waals surface area contributed by atoms with Crippen LogP contribution in [0.4, 0.5) is 36.7 Å². The number of aromatic nitrogens is 3. The Morgan fingerprint density at radius 1 is 1.04 bits per heavy atom. The van der Waals surface area contributed by atoms with Gasteiger partial charge in [0.25, 0.3) is 0 Å². The summed E-state index contributed by atoms with van der Waals surface area (Å²) >= 11 is 0. The van der Waals surface area contributed by atoms with Crippen LogP contribution in [0.15, 0.2) is 47.1 Å². The van der Waals surface area contributed by atoms with Gasteiger partial charge in [-0.15, -0.1) is 0 Å². The van der Waals surface area contributed by atoms with Crippen LogP contribution in [0.2, 0.25) is 0 Å². The fraction of sp³-hybridized carbons (Fsp3) is 0.235. The van der Waals surface area contributed by atoms with Gasteiger partial charge in [0.15, 0.2) is 0 Å². The van der Waals surface area contributed by atoms with Gasteiger partial charge in [-0.3, -0.25) is 0 Å². The molecule has 0 saturated heterocycles. The van der Waals surface area contributed by atoms with E-state index >= 15 is 0 Å². The van der Waals surface area contributed by atoms with Crippen LogP contribution < -0.4 is 15.5 Å². The molecule has 0 aliphatic rings. The van der Waals surface area contributed by atoms with E-state index in [1.807, 2.05) is 0 Å². The number of anilines is 4. The standard InChI is InChI=1S/C17H17F3N6O/c1-26(2)16-24-14(21-10-13-7-4-8-27-13)23-15(25-16)22-12-6-3-5-11(9-12)17(18,19)20/h3-9H,10H2,1-2H3,(H2,21,22,23,24,25). The monoisotopic (exact) mass is 378 g/mol. The molecule has 142 valence electrons. The highest BCUT2D eigenvalue weighted by Crippen LogP contribution is 2.31. The third-order valence-corrected chi connectivity index (χ3v) is 3.47. The summed E-state index contributed by atoms with van der Waals surface area (Å²) in [5.74, 6) is 1.42. The van der Waals surface area contributed by atoms with Crippen molar-refractivity contribution >= 4 is 23.5 Å². The van der Waals surface area contributed by atoms with Gasteiger partial charge in [-0.2, -0.15) is 28.1 Å². The third-order valence-electron chi connectivity index (χ3n) is 3.47. The van der Waals surface area contributed by atoms with E-state index in [1.54, 1.807) is 37.4 Å². The van der Waals surface area contributed by atoms with E-state index in [4.69, 9.17) is 4.42 Å². The molecule has 3 rings (SSSR count). The molecule has 2 aromatic heterocycles. The van der Waals surface area contributed by atoms with Crippen molar-refractivity contribution in [3.05, 3.63) is 54.0 Å². The first-order valence-corrected chi connectivity index (χ1v) is 7.95. The first-order chi connectivity index (χ1) is 12.8. The number of hydrogen-bond acceptors (Lipinski definition) is 7. The Bertz CT molecular complexity index is 896. The van der Waals surface area contributed by atoms with Crippen molar-refractivity contribution in [2.24, 2.45) is 0 Å². The summed E-state index contributed by atoms with van der Waals surface area (Å²) in [7, 11) is 3.50. The van der Waals surface area contributed by atoms with E-state index in [2.05, 4.69) is 25.6 Å². The summed E-state index contributed by atoms with van der Waals surface area (Å²) < 4.78 is 43.9. The average Bonchev–Trinajstić information content (AvgIpc) is 3.13. The Kier molecular flexibility index (Phi) is 5.15. The molecule has 27 heavy (non-hydrogen) atoms. The molecule has 0 amide bonds. The molecule has 0 radical (unpaired) electrons. The van der Waals surface area contributed by atoms with Crippen molar-refractivity contribution in [1.29, 1.82) is 0 Å². The Hall–Kier alpha value is -3.30. The van der Waals surface area contributed by atoms with Gasteiger partial charge in [0.2, 0.25) is 17.8 Å². The maximum absolute atomic E-state index is 12.9. The van der Waals surface area contributed by atoms with E-state index in [0.717, 1.165) is 12.1 Å². The van der Waals surface area contributed by atoms with Crippen molar-refractivity contribution < 1.29 is 17.6 Å². The summed E-state index contributed by atoms with van der Waals surface area (Å²) in [6, 6.07) is 8.37. The molecule has 2 heterocycles. The summed E-state index contributed by atoms with van der Waals surface area (Å²) in [5.41, 5.74) is -0.539. The van der Waals surface area contributed by atoms with Gasteiger partial charge in [0.05, 0.1) is 18.4 Å². The lowest BCUT2D eigenvalue weighted by molar-refractivity contribution is -0.137. The van der Waals surface area contributed by atoms with Crippen molar-refractivity contribution in [3.8, 4) is 0 Å². The molecule has 7 nitrogen and oxygen atoms in total. The minimum atomic E-state index is -4.43. The van der Waals surface area contributed by atoms with Crippen molar-refractivity contribution in [1.82, 2.24) is 15.0 Å². The summed E-state index contributed by atoms with van der Waals surface area (Å²) in [6.07, 6.45) is -2.88. The molecule has 0 spiro atoms. The van der Waals surface area contributed by atoms with E-state index in [9.17, 15) is 13.2 Å². The topological polar surface area (TPSA) is 79.1 Å². The van der Waals surface area contributed by atoms with Gasteiger partial charge in [0, 0.05) is 19.8 Å². The van der Waals surface area contributed by atoms with Crippen LogP contribution in [0.1, 0.15) is 11.3 Å². The van der Waals surface area contributed by atoms with Gasteiger partial charge < -0.3 is 20.0 Å². The maximum Gasteiger partial charge on any atom is 0.416 e. The number of hydrogen-bond donors (Lipinski definition) is 2. The molecule has 0 unspecified atom stereocenters. The lowest BCUT2D eigenvalue weighted by atomic mass is 10.2. The molecule has 0 aliphatic heterocycles. The fourth-order valence-electron chi connectivity index (χ4n) is 2.18. The third kappa shape index (κ3) is 4.87. The first-order valence-electron chi connectivity index (χ1n) is 7.95. The van der Waals surface area contributed by atoms with Crippen LogP contribution in [0.3, 0.4) is 0 Å². The maximum atomic E-state index is 12.9. The molecule has 0 atom stereocenters. The second-order valence-corrected chi connectivity index (χ2v) is 5.81. The SMILES string of the molecule is CN(C)c1nc(NCc2ccco2)nc(Nc2cccc(C(F)(F)F)c2)n1. The Morgan fingerprint density at radius 2 is 1.81 bits per heavy atom. The Balaban J connectivity index is 1.83. The molecule has 0 aliphatic carbocycles. The zero-order chi connectivity index (χ0) is 19.4. The fourth-order valence-corrected chi connectivity index (χ4v) is 2.18. The highest BCUT2D eigenvalue weighted by Gasteiger charge is 2.30. The van der Waals surface area contributed by atoms with E-state index in [-0.39, 0.29) is 17.6 Å². The minimum absolute atomic E-state index is 0.120. The predicted molar refractivity (Wildman–Crippen MR) is 94.9 cm³/mol. The number of nitrogens with zero attached hydrogens (tertiary/aromatic N) is 4. The minimum Gasteiger partial charge on any atom is -0.467 e. The van der Waals surface area contributed by atoms with Crippen molar-refractivity contribution in [2.45, 2.75) is 12.7 Å². The van der Waals surface area contributed by atoms with E-state index in [0.29, 0.717) is 18.3 Å².